The van der Waals surface area contributed by atoms with Gasteiger partial charge in [-0.15, -0.1) is 0 Å². The Kier molecular flexibility index (Phi) is 5.86. The second-order valence-corrected chi connectivity index (χ2v) is 6.94. The van der Waals surface area contributed by atoms with Crippen LogP contribution in [0.5, 0.6) is 0 Å². The normalized spacial score (nSPS) is 12.1. The number of carbonyl (C=O) groups excluding carboxylic acids is 1. The molecule has 0 aliphatic rings. The Balaban J connectivity index is 2.14. The summed E-state index contributed by atoms with van der Waals surface area (Å²) in [6, 6.07) is 9.49. The van der Waals surface area contributed by atoms with Crippen molar-refractivity contribution in [1.82, 2.24) is 18.7 Å². The molecule has 1 atom stereocenters. The first-order valence-corrected chi connectivity index (χ1v) is 9.43. The van der Waals surface area contributed by atoms with Crippen molar-refractivity contribution in [1.29, 1.82) is 0 Å². The Bertz CT molecular complexity index is 1140. The molecule has 9 heteroatoms. The quantitative estimate of drug-likeness (QED) is 0.600. The highest BCUT2D eigenvalue weighted by molar-refractivity contribution is 5.74. The van der Waals surface area contributed by atoms with E-state index in [0.717, 1.165) is 10.1 Å². The summed E-state index contributed by atoms with van der Waals surface area (Å²) in [6.45, 7) is 3.89. The molecule has 2 aromatic heterocycles. The third-order valence-electron chi connectivity index (χ3n) is 4.85. The molecule has 0 aliphatic carbocycles. The summed E-state index contributed by atoms with van der Waals surface area (Å²) in [4.78, 5) is 40.9. The fourth-order valence-electron chi connectivity index (χ4n) is 3.14. The molecule has 0 saturated heterocycles. The monoisotopic (exact) mass is 399 g/mol. The third kappa shape index (κ3) is 4.08. The number of benzene rings is 1. The van der Waals surface area contributed by atoms with E-state index in [1.165, 1.54) is 18.5 Å². The molecule has 1 aromatic carbocycles. The Hall–Kier alpha value is -3.36. The van der Waals surface area contributed by atoms with Gasteiger partial charge in [0.15, 0.2) is 11.2 Å². The van der Waals surface area contributed by atoms with Gasteiger partial charge in [-0.3, -0.25) is 23.3 Å². The molecule has 0 fully saturated rings. The van der Waals surface area contributed by atoms with E-state index in [0.29, 0.717) is 30.1 Å². The lowest BCUT2D eigenvalue weighted by Gasteiger charge is -2.18. The summed E-state index contributed by atoms with van der Waals surface area (Å²) in [6.07, 6.45) is 0.679. The average molecular weight is 399 g/mol. The molecular formula is C20H25N5O4. The molecule has 1 N–H and O–H groups in total. The van der Waals surface area contributed by atoms with Crippen molar-refractivity contribution < 1.29 is 9.53 Å². The van der Waals surface area contributed by atoms with Crippen molar-refractivity contribution in [3.63, 3.8) is 0 Å². The molecule has 0 spiro atoms. The van der Waals surface area contributed by atoms with Gasteiger partial charge in [0.05, 0.1) is 12.6 Å². The van der Waals surface area contributed by atoms with Gasteiger partial charge >= 0.3 is 11.7 Å². The number of aryl methyl sites for hydroxylation is 1. The van der Waals surface area contributed by atoms with Crippen molar-refractivity contribution in [2.75, 3.05) is 11.9 Å². The molecule has 2 heterocycles. The molecule has 0 bridgehead atoms. The molecule has 9 nitrogen and oxygen atoms in total. The summed E-state index contributed by atoms with van der Waals surface area (Å²) in [5.41, 5.74) is 0.777. The highest BCUT2D eigenvalue weighted by Crippen LogP contribution is 2.19. The van der Waals surface area contributed by atoms with Crippen molar-refractivity contribution in [2.24, 2.45) is 14.1 Å². The summed E-state index contributed by atoms with van der Waals surface area (Å²) in [5, 5.41) is 3.27. The topological polar surface area (TPSA) is 100 Å². The highest BCUT2D eigenvalue weighted by atomic mass is 16.5. The summed E-state index contributed by atoms with van der Waals surface area (Å²) in [7, 11) is 3.04. The average Bonchev–Trinajstić information content (AvgIpc) is 3.06. The van der Waals surface area contributed by atoms with Crippen molar-refractivity contribution in [2.45, 2.75) is 32.9 Å². The minimum absolute atomic E-state index is 0.178. The minimum atomic E-state index is -0.439. The number of hydrogen-bond acceptors (Lipinski definition) is 6. The maximum atomic E-state index is 12.9. The second kappa shape index (κ2) is 8.34. The molecule has 3 rings (SSSR count). The number of nitrogens with zero attached hydrogens (tertiary/aromatic N) is 4. The smallest absolute Gasteiger partial charge is 0.332 e. The van der Waals surface area contributed by atoms with Gasteiger partial charge in [0.25, 0.3) is 5.56 Å². The lowest BCUT2D eigenvalue weighted by molar-refractivity contribution is -0.141. The van der Waals surface area contributed by atoms with E-state index in [4.69, 9.17) is 4.74 Å². The maximum Gasteiger partial charge on any atom is 0.332 e. The van der Waals surface area contributed by atoms with Gasteiger partial charge in [-0.1, -0.05) is 37.3 Å². The van der Waals surface area contributed by atoms with Crippen molar-refractivity contribution >= 4 is 23.1 Å². The van der Waals surface area contributed by atoms with Crippen LogP contribution in [-0.4, -0.2) is 37.3 Å². The van der Waals surface area contributed by atoms with Crippen LogP contribution < -0.4 is 16.6 Å². The van der Waals surface area contributed by atoms with Gasteiger partial charge in [0.1, 0.15) is 6.61 Å². The molecule has 0 unspecified atom stereocenters. The van der Waals surface area contributed by atoms with E-state index in [9.17, 15) is 14.4 Å². The van der Waals surface area contributed by atoms with Crippen molar-refractivity contribution in [3.05, 3.63) is 56.7 Å². The van der Waals surface area contributed by atoms with Crippen LogP contribution in [0.2, 0.25) is 0 Å². The Morgan fingerprint density at radius 3 is 2.48 bits per heavy atom. The molecular weight excluding hydrogens is 374 g/mol. The SMILES string of the molecule is CC[C@H](COC(C)=O)Nc1nc2c(c(=O)n(C)c(=O)n2C)n1Cc1ccccc1. The number of fused-ring (bicyclic) bond motifs is 1. The van der Waals surface area contributed by atoms with Crippen LogP contribution in [0.4, 0.5) is 5.95 Å². The van der Waals surface area contributed by atoms with Crippen LogP contribution in [0, 0.1) is 0 Å². The van der Waals surface area contributed by atoms with E-state index in [-0.39, 0.29) is 18.6 Å². The van der Waals surface area contributed by atoms with E-state index < -0.39 is 11.2 Å². The largest absolute Gasteiger partial charge is 0.464 e. The van der Waals surface area contributed by atoms with Crippen LogP contribution in [0.15, 0.2) is 39.9 Å². The van der Waals surface area contributed by atoms with Gasteiger partial charge in [-0.25, -0.2) is 4.79 Å². The highest BCUT2D eigenvalue weighted by Gasteiger charge is 2.21. The zero-order chi connectivity index (χ0) is 21.1. The Morgan fingerprint density at radius 2 is 1.86 bits per heavy atom. The van der Waals surface area contributed by atoms with E-state index in [2.05, 4.69) is 10.3 Å². The first kappa shape index (κ1) is 20.4. The van der Waals surface area contributed by atoms with Gasteiger partial charge < -0.3 is 10.1 Å². The van der Waals surface area contributed by atoms with Gasteiger partial charge in [0.2, 0.25) is 5.95 Å². The summed E-state index contributed by atoms with van der Waals surface area (Å²) < 4.78 is 9.32. The zero-order valence-electron chi connectivity index (χ0n) is 17.0. The van der Waals surface area contributed by atoms with Gasteiger partial charge in [-0.2, -0.15) is 4.98 Å². The van der Waals surface area contributed by atoms with Crippen LogP contribution >= 0.6 is 0 Å². The molecule has 154 valence electrons. The third-order valence-corrected chi connectivity index (χ3v) is 4.85. The number of anilines is 1. The number of aromatic nitrogens is 4. The molecule has 0 radical (unpaired) electrons. The summed E-state index contributed by atoms with van der Waals surface area (Å²) >= 11 is 0. The number of imidazole rings is 1. The van der Waals surface area contributed by atoms with Crippen LogP contribution in [0.25, 0.3) is 11.2 Å². The molecule has 29 heavy (non-hydrogen) atoms. The standard InChI is InChI=1S/C20H25N5O4/c1-5-15(12-29-13(2)26)21-19-22-17-16(18(27)24(4)20(28)23(17)3)25(19)11-14-9-7-6-8-10-14/h6-10,15H,5,11-12H2,1-4H3,(H,21,22)/t15-/m1/s1. The first-order valence-electron chi connectivity index (χ1n) is 9.43. The number of esters is 1. The first-order chi connectivity index (χ1) is 13.8. The second-order valence-electron chi connectivity index (χ2n) is 6.94. The Morgan fingerprint density at radius 1 is 1.17 bits per heavy atom. The summed E-state index contributed by atoms with van der Waals surface area (Å²) in [5.74, 6) is 0.0838. The van der Waals surface area contributed by atoms with Crippen LogP contribution in [0.3, 0.4) is 0 Å². The van der Waals surface area contributed by atoms with E-state index in [1.54, 1.807) is 11.6 Å². The lowest BCUT2D eigenvalue weighted by Crippen LogP contribution is -2.37. The van der Waals surface area contributed by atoms with Crippen LogP contribution in [-0.2, 0) is 30.2 Å². The molecule has 0 saturated carbocycles. The number of carbonyl (C=O) groups is 1. The zero-order valence-corrected chi connectivity index (χ0v) is 17.0. The van der Waals surface area contributed by atoms with Gasteiger partial charge in [-0.05, 0) is 12.0 Å². The molecule has 0 aliphatic heterocycles. The predicted octanol–water partition coefficient (Wildman–Crippen LogP) is 1.24. The van der Waals surface area contributed by atoms with Crippen LogP contribution in [0.1, 0.15) is 25.8 Å². The fraction of sp³-hybridized carbons (Fsp3) is 0.400. The lowest BCUT2D eigenvalue weighted by atomic mass is 10.2. The number of rotatable bonds is 7. The predicted molar refractivity (Wildman–Crippen MR) is 110 cm³/mol. The molecule has 3 aromatic rings. The number of hydrogen-bond donors (Lipinski definition) is 1. The maximum absolute atomic E-state index is 12.9. The van der Waals surface area contributed by atoms with E-state index in [1.807, 2.05) is 37.3 Å². The fourth-order valence-corrected chi connectivity index (χ4v) is 3.14. The minimum Gasteiger partial charge on any atom is -0.464 e. The number of ether oxygens (including phenoxy) is 1. The molecule has 0 amide bonds. The Labute approximate surface area is 167 Å². The van der Waals surface area contributed by atoms with Crippen molar-refractivity contribution in [3.8, 4) is 0 Å². The number of nitrogens with one attached hydrogen (secondary N) is 1. The van der Waals surface area contributed by atoms with Gasteiger partial charge in [0, 0.05) is 21.0 Å². The van der Waals surface area contributed by atoms with E-state index >= 15 is 0 Å².